The number of aliphatic hydroxyl groups is 1. The summed E-state index contributed by atoms with van der Waals surface area (Å²) in [6, 6.07) is 6.56. The van der Waals surface area contributed by atoms with Crippen LogP contribution in [0.25, 0.3) is 10.8 Å². The van der Waals surface area contributed by atoms with Crippen molar-refractivity contribution in [2.24, 2.45) is 0 Å². The summed E-state index contributed by atoms with van der Waals surface area (Å²) in [5, 5.41) is 22.6. The van der Waals surface area contributed by atoms with Crippen molar-refractivity contribution in [2.45, 2.75) is 13.0 Å². The number of pyridine rings is 1. The van der Waals surface area contributed by atoms with Gasteiger partial charge in [0.05, 0.1) is 12.2 Å². The van der Waals surface area contributed by atoms with Crippen molar-refractivity contribution in [1.29, 1.82) is 0 Å². The third-order valence-corrected chi connectivity index (χ3v) is 2.64. The molecule has 0 radical (unpaired) electrons. The topological polar surface area (TPSA) is 82.5 Å². The molecule has 0 saturated carbocycles. The van der Waals surface area contributed by atoms with E-state index in [0.717, 1.165) is 10.8 Å². The predicted molar refractivity (Wildman–Crippen MR) is 68.9 cm³/mol. The molecule has 2 rings (SSSR count). The highest BCUT2D eigenvalue weighted by molar-refractivity contribution is 5.94. The van der Waals surface area contributed by atoms with Crippen molar-refractivity contribution in [2.75, 3.05) is 11.9 Å². The van der Waals surface area contributed by atoms with Crippen molar-refractivity contribution in [3.63, 3.8) is 0 Å². The van der Waals surface area contributed by atoms with E-state index in [4.69, 9.17) is 10.2 Å². The molecule has 5 heteroatoms. The lowest BCUT2D eigenvalue weighted by atomic mass is 10.1. The molecule has 3 N–H and O–H groups in total. The number of aliphatic hydroxyl groups excluding tert-OH is 1. The second kappa shape index (κ2) is 5.01. The molecule has 0 amide bonds. The Bertz CT molecular complexity index is 583. The quantitative estimate of drug-likeness (QED) is 0.765. The van der Waals surface area contributed by atoms with Crippen LogP contribution in [0.4, 0.5) is 5.82 Å². The van der Waals surface area contributed by atoms with Gasteiger partial charge in [0, 0.05) is 17.6 Å². The standard InChI is InChI=1S/C13H14N2O3/c1-8(7-16)15-12-5-11-4-9(13(17)18)2-3-10(11)6-14-12/h2-6,8,16H,7H2,1H3,(H,14,15)(H,17,18). The van der Waals surface area contributed by atoms with E-state index in [1.807, 2.05) is 6.92 Å². The van der Waals surface area contributed by atoms with Crippen molar-refractivity contribution in [3.8, 4) is 0 Å². The maximum absolute atomic E-state index is 10.9. The molecule has 2 aromatic rings. The molecule has 0 spiro atoms. The number of aromatic carboxylic acids is 1. The third-order valence-electron chi connectivity index (χ3n) is 2.64. The maximum atomic E-state index is 10.9. The van der Waals surface area contributed by atoms with Crippen LogP contribution < -0.4 is 5.32 Å². The first-order chi connectivity index (χ1) is 8.60. The van der Waals surface area contributed by atoms with Crippen LogP contribution >= 0.6 is 0 Å². The molecule has 0 bridgehead atoms. The summed E-state index contributed by atoms with van der Waals surface area (Å²) in [6.45, 7) is 1.84. The average Bonchev–Trinajstić information content (AvgIpc) is 2.37. The zero-order valence-corrected chi connectivity index (χ0v) is 9.92. The van der Waals surface area contributed by atoms with Crippen molar-refractivity contribution < 1.29 is 15.0 Å². The van der Waals surface area contributed by atoms with E-state index in [1.165, 1.54) is 0 Å². The molecule has 0 aliphatic rings. The van der Waals surface area contributed by atoms with Gasteiger partial charge in [0.25, 0.3) is 0 Å². The minimum Gasteiger partial charge on any atom is -0.478 e. The van der Waals surface area contributed by atoms with Gasteiger partial charge in [-0.2, -0.15) is 0 Å². The number of rotatable bonds is 4. The number of fused-ring (bicyclic) bond motifs is 1. The first-order valence-corrected chi connectivity index (χ1v) is 5.60. The van der Waals surface area contributed by atoms with Gasteiger partial charge in [-0.1, -0.05) is 6.07 Å². The van der Waals surface area contributed by atoms with Gasteiger partial charge in [0.2, 0.25) is 0 Å². The number of nitrogens with one attached hydrogen (secondary N) is 1. The van der Waals surface area contributed by atoms with Crippen LogP contribution in [0, 0.1) is 0 Å². The van der Waals surface area contributed by atoms with Crippen LogP contribution in [0.3, 0.4) is 0 Å². The molecule has 5 nitrogen and oxygen atoms in total. The average molecular weight is 246 g/mol. The van der Waals surface area contributed by atoms with E-state index in [0.29, 0.717) is 5.82 Å². The van der Waals surface area contributed by atoms with Gasteiger partial charge >= 0.3 is 5.97 Å². The molecule has 0 saturated heterocycles. The van der Waals surface area contributed by atoms with E-state index in [1.54, 1.807) is 30.5 Å². The highest BCUT2D eigenvalue weighted by atomic mass is 16.4. The van der Waals surface area contributed by atoms with Crippen LogP contribution in [0.5, 0.6) is 0 Å². The molecule has 1 atom stereocenters. The molecular formula is C13H14N2O3. The Morgan fingerprint density at radius 2 is 2.17 bits per heavy atom. The Labute approximate surface area is 104 Å². The fourth-order valence-corrected chi connectivity index (χ4v) is 1.65. The maximum Gasteiger partial charge on any atom is 0.335 e. The van der Waals surface area contributed by atoms with Crippen molar-refractivity contribution in [3.05, 3.63) is 36.0 Å². The first-order valence-electron chi connectivity index (χ1n) is 5.60. The first kappa shape index (κ1) is 12.3. The smallest absolute Gasteiger partial charge is 0.335 e. The lowest BCUT2D eigenvalue weighted by Crippen LogP contribution is -2.19. The van der Waals surface area contributed by atoms with Gasteiger partial charge in [0.15, 0.2) is 0 Å². The monoisotopic (exact) mass is 246 g/mol. The molecule has 1 unspecified atom stereocenters. The summed E-state index contributed by atoms with van der Waals surface area (Å²) in [6.07, 6.45) is 1.67. The lowest BCUT2D eigenvalue weighted by molar-refractivity contribution is 0.0697. The molecule has 1 aromatic carbocycles. The number of carboxylic acids is 1. The van der Waals surface area contributed by atoms with Gasteiger partial charge in [-0.15, -0.1) is 0 Å². The number of aromatic nitrogens is 1. The van der Waals surface area contributed by atoms with Gasteiger partial charge < -0.3 is 15.5 Å². The van der Waals surface area contributed by atoms with Crippen molar-refractivity contribution in [1.82, 2.24) is 4.98 Å². The summed E-state index contributed by atoms with van der Waals surface area (Å²) in [4.78, 5) is 15.1. The number of hydrogen-bond acceptors (Lipinski definition) is 4. The molecule has 1 aromatic heterocycles. The fourth-order valence-electron chi connectivity index (χ4n) is 1.65. The number of carbonyl (C=O) groups is 1. The van der Waals surface area contributed by atoms with Gasteiger partial charge in [-0.3, -0.25) is 0 Å². The molecule has 0 aliphatic carbocycles. The van der Waals surface area contributed by atoms with Crippen LogP contribution in [-0.2, 0) is 0 Å². The Hall–Kier alpha value is -2.14. The minimum atomic E-state index is -0.952. The van der Waals surface area contributed by atoms with Gasteiger partial charge in [0.1, 0.15) is 5.82 Å². The van der Waals surface area contributed by atoms with E-state index >= 15 is 0 Å². The summed E-state index contributed by atoms with van der Waals surface area (Å²) in [5.74, 6) is -0.335. The molecule has 0 aliphatic heterocycles. The zero-order chi connectivity index (χ0) is 13.1. The van der Waals surface area contributed by atoms with E-state index in [2.05, 4.69) is 10.3 Å². The second-order valence-electron chi connectivity index (χ2n) is 4.16. The zero-order valence-electron chi connectivity index (χ0n) is 9.92. The normalized spacial score (nSPS) is 12.3. The lowest BCUT2D eigenvalue weighted by Gasteiger charge is -2.11. The Morgan fingerprint density at radius 1 is 1.39 bits per heavy atom. The molecule has 1 heterocycles. The van der Waals surface area contributed by atoms with Crippen LogP contribution in [0.2, 0.25) is 0 Å². The molecule has 18 heavy (non-hydrogen) atoms. The highest BCUT2D eigenvalue weighted by Crippen LogP contribution is 2.18. The Balaban J connectivity index is 2.39. The Morgan fingerprint density at radius 3 is 2.83 bits per heavy atom. The van der Waals surface area contributed by atoms with Crippen LogP contribution in [0.1, 0.15) is 17.3 Å². The third kappa shape index (κ3) is 2.57. The van der Waals surface area contributed by atoms with Gasteiger partial charge in [-0.25, -0.2) is 9.78 Å². The summed E-state index contributed by atoms with van der Waals surface area (Å²) in [5.41, 5.74) is 0.245. The molecular weight excluding hydrogens is 232 g/mol. The number of carboxylic acid groups (broad SMARTS) is 1. The predicted octanol–water partition coefficient (Wildman–Crippen LogP) is 1.73. The highest BCUT2D eigenvalue weighted by Gasteiger charge is 2.06. The minimum absolute atomic E-state index is 0.00881. The molecule has 0 fully saturated rings. The fraction of sp³-hybridized carbons (Fsp3) is 0.231. The summed E-state index contributed by atoms with van der Waals surface area (Å²) in [7, 11) is 0. The number of hydrogen-bond donors (Lipinski definition) is 3. The SMILES string of the molecule is CC(CO)Nc1cc2cc(C(=O)O)ccc2cn1. The van der Waals surface area contributed by atoms with Crippen LogP contribution in [-0.4, -0.2) is 33.8 Å². The van der Waals surface area contributed by atoms with Crippen LogP contribution in [0.15, 0.2) is 30.5 Å². The number of nitrogens with zero attached hydrogens (tertiary/aromatic N) is 1. The van der Waals surface area contributed by atoms with E-state index < -0.39 is 5.97 Å². The summed E-state index contributed by atoms with van der Waals surface area (Å²) < 4.78 is 0. The summed E-state index contributed by atoms with van der Waals surface area (Å²) >= 11 is 0. The number of benzene rings is 1. The molecule has 94 valence electrons. The van der Waals surface area contributed by atoms with E-state index in [9.17, 15) is 4.79 Å². The van der Waals surface area contributed by atoms with Crippen molar-refractivity contribution >= 4 is 22.6 Å². The second-order valence-corrected chi connectivity index (χ2v) is 4.16. The number of anilines is 1. The van der Waals surface area contributed by atoms with Gasteiger partial charge in [-0.05, 0) is 30.5 Å². The van der Waals surface area contributed by atoms with E-state index in [-0.39, 0.29) is 18.2 Å². The largest absolute Gasteiger partial charge is 0.478 e. The Kier molecular flexibility index (Phi) is 3.43.